The maximum Gasteiger partial charge on any atom is 0.269 e. The van der Waals surface area contributed by atoms with Crippen LogP contribution < -0.4 is 20.3 Å². The molecule has 1 spiro atoms. The number of ether oxygens (including phenoxy) is 2. The van der Waals surface area contributed by atoms with Crippen molar-refractivity contribution in [3.63, 3.8) is 0 Å². The zero-order valence-electron chi connectivity index (χ0n) is 22.4. The highest BCUT2D eigenvalue weighted by atomic mass is 79.9. The number of carbonyl (C=O) groups is 1. The zero-order chi connectivity index (χ0) is 28.9. The third kappa shape index (κ3) is 4.54. The highest BCUT2D eigenvalue weighted by Gasteiger charge is 2.58. The number of aliphatic hydroxyl groups is 1. The number of hydrogen-bond donors (Lipinski definition) is 3. The Morgan fingerprint density at radius 2 is 2.10 bits per heavy atom. The molecule has 3 aromatic rings. The van der Waals surface area contributed by atoms with Crippen LogP contribution in [0.1, 0.15) is 40.6 Å². The van der Waals surface area contributed by atoms with Gasteiger partial charge in [-0.15, -0.1) is 11.3 Å². The van der Waals surface area contributed by atoms with Gasteiger partial charge in [0.05, 0.1) is 35.2 Å². The van der Waals surface area contributed by atoms with Gasteiger partial charge in [-0.05, 0) is 76.0 Å². The van der Waals surface area contributed by atoms with Crippen molar-refractivity contribution >= 4 is 44.5 Å². The number of carbonyl (C=O) groups excluding carboxylic acids is 1. The van der Waals surface area contributed by atoms with E-state index in [1.54, 1.807) is 24.1 Å². The monoisotopic (exact) mass is 640 g/mol. The Hall–Kier alpha value is -3.61. The molecule has 0 radical (unpaired) electrons. The predicted octanol–water partition coefficient (Wildman–Crippen LogP) is 5.37. The van der Waals surface area contributed by atoms with E-state index in [1.807, 2.05) is 23.6 Å². The van der Waals surface area contributed by atoms with E-state index in [4.69, 9.17) is 9.47 Å². The number of allylic oxidation sites excluding steroid dienone is 1. The lowest BCUT2D eigenvalue weighted by Gasteiger charge is -2.44. The van der Waals surface area contributed by atoms with E-state index >= 15 is 0 Å². The SMILES string of the molecule is COc1cc2c3c(c1Br)O[C@@H]1C=C(NNc4ccc([N+](=O)[O-])cc4)C[C@@H](C)[C@]31C[C@@H](CO)N(C(=O)c1cccs1)C2. The van der Waals surface area contributed by atoms with E-state index in [0.717, 1.165) is 21.3 Å². The van der Waals surface area contributed by atoms with Crippen molar-refractivity contribution in [3.8, 4) is 11.5 Å². The van der Waals surface area contributed by atoms with E-state index in [1.165, 1.54) is 23.5 Å². The van der Waals surface area contributed by atoms with Crippen molar-refractivity contribution in [3.05, 3.63) is 90.2 Å². The van der Waals surface area contributed by atoms with Crippen LogP contribution in [0.5, 0.6) is 11.5 Å². The summed E-state index contributed by atoms with van der Waals surface area (Å²) in [6.07, 6.45) is 2.91. The van der Waals surface area contributed by atoms with E-state index in [2.05, 4.69) is 39.8 Å². The Balaban J connectivity index is 1.38. The third-order valence-corrected chi connectivity index (χ3v) is 10.1. The molecule has 2 aromatic carbocycles. The van der Waals surface area contributed by atoms with Crippen LogP contribution >= 0.6 is 27.3 Å². The number of hydrazine groups is 1. The van der Waals surface area contributed by atoms with Gasteiger partial charge in [0.1, 0.15) is 22.1 Å². The maximum absolute atomic E-state index is 13.7. The fourth-order valence-corrected chi connectivity index (χ4v) is 7.74. The molecule has 4 atom stereocenters. The smallest absolute Gasteiger partial charge is 0.269 e. The number of hydrogen-bond acceptors (Lipinski definition) is 9. The van der Waals surface area contributed by atoms with Gasteiger partial charge in [0, 0.05) is 35.4 Å². The quantitative estimate of drug-likeness (QED) is 0.232. The van der Waals surface area contributed by atoms with Crippen molar-refractivity contribution in [2.75, 3.05) is 19.1 Å². The van der Waals surface area contributed by atoms with Crippen molar-refractivity contribution in [2.45, 2.75) is 43.9 Å². The van der Waals surface area contributed by atoms with Crippen LogP contribution in [0.4, 0.5) is 11.4 Å². The molecule has 1 amide bonds. The maximum atomic E-state index is 13.7. The summed E-state index contributed by atoms with van der Waals surface area (Å²) in [4.78, 5) is 26.7. The van der Waals surface area contributed by atoms with Gasteiger partial charge in [-0.2, -0.15) is 0 Å². The number of amides is 1. The summed E-state index contributed by atoms with van der Waals surface area (Å²) >= 11 is 5.10. The zero-order valence-corrected chi connectivity index (χ0v) is 24.8. The van der Waals surface area contributed by atoms with E-state index < -0.39 is 16.4 Å². The number of halogens is 1. The molecule has 3 heterocycles. The van der Waals surface area contributed by atoms with Crippen LogP contribution in [-0.4, -0.2) is 46.7 Å². The van der Waals surface area contributed by atoms with Crippen LogP contribution in [0.2, 0.25) is 0 Å². The number of non-ortho nitro benzene ring substituents is 1. The molecule has 41 heavy (non-hydrogen) atoms. The minimum absolute atomic E-state index is 0.0235. The summed E-state index contributed by atoms with van der Waals surface area (Å²) in [5, 5.41) is 23.5. The number of nitro groups is 1. The lowest BCUT2D eigenvalue weighted by Crippen LogP contribution is -2.51. The van der Waals surface area contributed by atoms with Gasteiger partial charge in [0.15, 0.2) is 0 Å². The largest absolute Gasteiger partial charge is 0.495 e. The standard InChI is InChI=1S/C29H29BrN4O6S/c1-16-10-19(32-31-18-5-7-20(8-6-18)34(37)38)12-24-29(16)13-21(15-35)33(28(36)23-4-3-9-41-23)14-17-11-22(39-2)26(30)27(40-24)25(17)29/h3-9,11-12,16,21,24,31-32,35H,10,13-15H2,1-2H3/t16-,21+,24-,29+/m1/s1. The topological polar surface area (TPSA) is 126 Å². The van der Waals surface area contributed by atoms with E-state index in [0.29, 0.717) is 41.4 Å². The van der Waals surface area contributed by atoms with Crippen molar-refractivity contribution in [1.29, 1.82) is 0 Å². The molecule has 214 valence electrons. The first-order valence-corrected chi connectivity index (χ1v) is 14.9. The summed E-state index contributed by atoms with van der Waals surface area (Å²) in [6, 6.07) is 11.4. The molecule has 0 saturated heterocycles. The van der Waals surface area contributed by atoms with Gasteiger partial charge in [-0.1, -0.05) is 13.0 Å². The first-order chi connectivity index (χ1) is 19.8. The Kier molecular flexibility index (Phi) is 7.16. The van der Waals surface area contributed by atoms with Gasteiger partial charge in [-0.25, -0.2) is 0 Å². The molecule has 1 aliphatic carbocycles. The number of nitrogens with one attached hydrogen (secondary N) is 2. The van der Waals surface area contributed by atoms with Crippen molar-refractivity contribution in [2.24, 2.45) is 5.92 Å². The molecule has 10 nitrogen and oxygen atoms in total. The summed E-state index contributed by atoms with van der Waals surface area (Å²) in [7, 11) is 1.60. The molecule has 0 saturated carbocycles. The van der Waals surface area contributed by atoms with Crippen LogP contribution in [0.25, 0.3) is 0 Å². The summed E-state index contributed by atoms with van der Waals surface area (Å²) in [6.45, 7) is 2.34. The van der Waals surface area contributed by atoms with Crippen LogP contribution in [0.15, 0.2) is 64.1 Å². The first kappa shape index (κ1) is 27.6. The first-order valence-electron chi connectivity index (χ1n) is 13.3. The minimum atomic E-state index is -0.490. The molecule has 0 fully saturated rings. The molecule has 0 bridgehead atoms. The lowest BCUT2D eigenvalue weighted by molar-refractivity contribution is -0.384. The fourth-order valence-electron chi connectivity index (χ4n) is 6.49. The molecular formula is C29H29BrN4O6S. The highest BCUT2D eigenvalue weighted by Crippen LogP contribution is 2.60. The van der Waals surface area contributed by atoms with Crippen molar-refractivity contribution < 1.29 is 24.3 Å². The lowest BCUT2D eigenvalue weighted by atomic mass is 9.60. The second kappa shape index (κ2) is 10.7. The van der Waals surface area contributed by atoms with Gasteiger partial charge in [-0.3, -0.25) is 14.9 Å². The molecule has 12 heteroatoms. The number of benzene rings is 2. The predicted molar refractivity (Wildman–Crippen MR) is 158 cm³/mol. The Bertz CT molecular complexity index is 1530. The normalized spacial score (nSPS) is 24.3. The Morgan fingerprint density at radius 3 is 2.76 bits per heavy atom. The van der Waals surface area contributed by atoms with Gasteiger partial charge < -0.3 is 30.3 Å². The molecule has 0 unspecified atom stereocenters. The van der Waals surface area contributed by atoms with Crippen LogP contribution in [-0.2, 0) is 12.0 Å². The molecule has 2 aliphatic heterocycles. The number of thiophene rings is 1. The molecule has 1 aromatic heterocycles. The summed E-state index contributed by atoms with van der Waals surface area (Å²) < 4.78 is 13.1. The van der Waals surface area contributed by atoms with Crippen molar-refractivity contribution in [1.82, 2.24) is 10.3 Å². The number of methoxy groups -OCH3 is 1. The second-order valence-electron chi connectivity index (χ2n) is 10.6. The summed E-state index contributed by atoms with van der Waals surface area (Å²) in [5.41, 5.74) is 9.55. The molecular weight excluding hydrogens is 612 g/mol. The van der Waals surface area contributed by atoms with Crippen LogP contribution in [0.3, 0.4) is 0 Å². The molecule has 3 aliphatic rings. The second-order valence-corrected chi connectivity index (χ2v) is 12.4. The minimum Gasteiger partial charge on any atom is -0.495 e. The summed E-state index contributed by atoms with van der Waals surface area (Å²) in [5.74, 6) is 1.30. The highest BCUT2D eigenvalue weighted by molar-refractivity contribution is 9.10. The van der Waals surface area contributed by atoms with Gasteiger partial charge in [0.2, 0.25) is 0 Å². The third-order valence-electron chi connectivity index (χ3n) is 8.47. The van der Waals surface area contributed by atoms with E-state index in [9.17, 15) is 20.0 Å². The number of aliphatic hydroxyl groups excluding tert-OH is 1. The van der Waals surface area contributed by atoms with Gasteiger partial charge >= 0.3 is 0 Å². The Morgan fingerprint density at radius 1 is 1.32 bits per heavy atom. The average molecular weight is 642 g/mol. The average Bonchev–Trinajstić information content (AvgIpc) is 3.59. The number of nitrogens with zero attached hydrogens (tertiary/aromatic N) is 2. The molecule has 3 N–H and O–H groups in total. The van der Waals surface area contributed by atoms with Crippen LogP contribution in [0, 0.1) is 16.0 Å². The number of nitro benzene ring substituents is 1. The Labute approximate surface area is 249 Å². The number of anilines is 1. The van der Waals surface area contributed by atoms with E-state index in [-0.39, 0.29) is 30.2 Å². The fraction of sp³-hybridized carbons (Fsp3) is 0.345. The van der Waals surface area contributed by atoms with Gasteiger partial charge in [0.25, 0.3) is 11.6 Å². The molecule has 6 rings (SSSR count). The number of rotatable bonds is 7.